The van der Waals surface area contributed by atoms with E-state index in [4.69, 9.17) is 4.43 Å². The van der Waals surface area contributed by atoms with Gasteiger partial charge in [0.15, 0.2) is 0 Å². The first-order valence-electron chi connectivity index (χ1n) is 6.50. The zero-order valence-corrected chi connectivity index (χ0v) is 12.5. The third-order valence-electron chi connectivity index (χ3n) is 3.70. The minimum absolute atomic E-state index is 0.635. The molecule has 0 spiro atoms. The van der Waals surface area contributed by atoms with Crippen LogP contribution in [0.4, 0.5) is 0 Å². The summed E-state index contributed by atoms with van der Waals surface area (Å²) in [6.45, 7) is 12.9. The minimum atomic E-state index is -1.66. The summed E-state index contributed by atoms with van der Waals surface area (Å²) in [5.74, 6) is 1.01. The van der Waals surface area contributed by atoms with Crippen molar-refractivity contribution >= 4 is 14.4 Å². The second kappa shape index (κ2) is 6.06. The van der Waals surface area contributed by atoms with Gasteiger partial charge in [0.2, 0.25) is 0 Å². The predicted octanol–water partition coefficient (Wildman–Crippen LogP) is 5.10. The molecule has 2 heteroatoms. The Morgan fingerprint density at radius 1 is 1.24 bits per heavy atom. The first-order valence-corrected chi connectivity index (χ1v) is 8.90. The van der Waals surface area contributed by atoms with Crippen molar-refractivity contribution in [3.8, 4) is 5.75 Å². The van der Waals surface area contributed by atoms with Crippen molar-refractivity contribution in [3.63, 3.8) is 0 Å². The lowest BCUT2D eigenvalue weighted by atomic mass is 10.2. The number of hydrogen-bond donors (Lipinski definition) is 0. The highest BCUT2D eigenvalue weighted by atomic mass is 28.4. The molecular formula is C15H24OSi. The molecule has 0 N–H and O–H groups in total. The molecule has 1 nitrogen and oxygen atoms in total. The van der Waals surface area contributed by atoms with Crippen LogP contribution in [0.2, 0.25) is 17.6 Å². The van der Waals surface area contributed by atoms with Gasteiger partial charge in [-0.2, -0.15) is 0 Å². The molecule has 0 aliphatic carbocycles. The van der Waals surface area contributed by atoms with E-state index in [-0.39, 0.29) is 0 Å². The Hall–Kier alpha value is -1.02. The standard InChI is InChI=1S/C15H24OSi/c1-6-14-11-9-10-12-15(14)16-17(7-2,8-3)13(4)5/h6,9-13H,1,7-8H2,2-5H3. The maximum atomic E-state index is 6.45. The summed E-state index contributed by atoms with van der Waals surface area (Å²) in [4.78, 5) is 0. The van der Waals surface area contributed by atoms with E-state index in [0.29, 0.717) is 5.54 Å². The number of benzene rings is 1. The smallest absolute Gasteiger partial charge is 0.253 e. The van der Waals surface area contributed by atoms with Crippen molar-refractivity contribution in [2.75, 3.05) is 0 Å². The van der Waals surface area contributed by atoms with E-state index < -0.39 is 8.32 Å². The maximum Gasteiger partial charge on any atom is 0.253 e. The van der Waals surface area contributed by atoms with E-state index >= 15 is 0 Å². The molecule has 1 aromatic rings. The summed E-state index contributed by atoms with van der Waals surface area (Å²) in [6.07, 6.45) is 1.88. The zero-order valence-electron chi connectivity index (χ0n) is 11.5. The third kappa shape index (κ3) is 3.00. The lowest BCUT2D eigenvalue weighted by molar-refractivity contribution is 0.514. The molecule has 17 heavy (non-hydrogen) atoms. The first kappa shape index (κ1) is 14.0. The fourth-order valence-corrected chi connectivity index (χ4v) is 5.57. The summed E-state index contributed by atoms with van der Waals surface area (Å²) >= 11 is 0. The SMILES string of the molecule is C=Cc1ccccc1O[Si](CC)(CC)C(C)C. The van der Waals surface area contributed by atoms with Crippen LogP contribution in [0.25, 0.3) is 6.08 Å². The zero-order chi connectivity index (χ0) is 12.9. The predicted molar refractivity (Wildman–Crippen MR) is 79.0 cm³/mol. The Bertz CT molecular complexity index is 367. The highest BCUT2D eigenvalue weighted by Crippen LogP contribution is 2.33. The van der Waals surface area contributed by atoms with Crippen LogP contribution >= 0.6 is 0 Å². The Morgan fingerprint density at radius 3 is 2.29 bits per heavy atom. The average molecular weight is 248 g/mol. The highest BCUT2D eigenvalue weighted by molar-refractivity contribution is 6.75. The summed E-state index contributed by atoms with van der Waals surface area (Å²) in [5.41, 5.74) is 1.74. The van der Waals surface area contributed by atoms with Crippen molar-refractivity contribution < 1.29 is 4.43 Å². The quantitative estimate of drug-likeness (QED) is 0.636. The van der Waals surface area contributed by atoms with Crippen LogP contribution in [0.5, 0.6) is 5.75 Å². The summed E-state index contributed by atoms with van der Waals surface area (Å²) in [5, 5.41) is 0. The van der Waals surface area contributed by atoms with E-state index in [1.54, 1.807) is 0 Å². The Balaban J connectivity index is 3.05. The molecule has 0 aliphatic heterocycles. The molecule has 0 amide bonds. The maximum absolute atomic E-state index is 6.45. The van der Waals surface area contributed by atoms with Gasteiger partial charge in [-0.05, 0) is 23.7 Å². The monoisotopic (exact) mass is 248 g/mol. The lowest BCUT2D eigenvalue weighted by Gasteiger charge is -2.34. The number of rotatable bonds is 6. The molecule has 94 valence electrons. The van der Waals surface area contributed by atoms with Gasteiger partial charge in [-0.15, -0.1) is 0 Å². The molecule has 1 rings (SSSR count). The normalized spacial score (nSPS) is 11.6. The Labute approximate surface area is 107 Å². The minimum Gasteiger partial charge on any atom is -0.543 e. The van der Waals surface area contributed by atoms with Gasteiger partial charge in [-0.3, -0.25) is 0 Å². The molecular weight excluding hydrogens is 224 g/mol. The van der Waals surface area contributed by atoms with Crippen LogP contribution in [-0.2, 0) is 0 Å². The molecule has 0 radical (unpaired) electrons. The molecule has 0 heterocycles. The van der Waals surface area contributed by atoms with Gasteiger partial charge in [-0.1, -0.05) is 58.5 Å². The number of hydrogen-bond acceptors (Lipinski definition) is 1. The molecule has 0 fully saturated rings. The van der Waals surface area contributed by atoms with Crippen LogP contribution in [-0.4, -0.2) is 8.32 Å². The topological polar surface area (TPSA) is 9.23 Å². The summed E-state index contributed by atoms with van der Waals surface area (Å²) in [7, 11) is -1.66. The Morgan fingerprint density at radius 2 is 1.82 bits per heavy atom. The second-order valence-corrected chi connectivity index (χ2v) is 9.67. The molecule has 0 aromatic heterocycles. The van der Waals surface area contributed by atoms with Gasteiger partial charge in [0.25, 0.3) is 8.32 Å². The fraction of sp³-hybridized carbons (Fsp3) is 0.467. The van der Waals surface area contributed by atoms with E-state index in [1.165, 1.54) is 0 Å². The molecule has 0 atom stereocenters. The van der Waals surface area contributed by atoms with Gasteiger partial charge in [0, 0.05) is 5.56 Å². The van der Waals surface area contributed by atoms with Crippen molar-refractivity contribution in [2.45, 2.75) is 45.3 Å². The van der Waals surface area contributed by atoms with Gasteiger partial charge < -0.3 is 4.43 Å². The third-order valence-corrected chi connectivity index (χ3v) is 8.83. The molecule has 1 aromatic carbocycles. The molecule has 0 saturated heterocycles. The lowest BCUT2D eigenvalue weighted by Crippen LogP contribution is -2.43. The van der Waals surface area contributed by atoms with Crippen molar-refractivity contribution in [2.24, 2.45) is 0 Å². The first-order chi connectivity index (χ1) is 8.09. The van der Waals surface area contributed by atoms with Crippen LogP contribution in [0.15, 0.2) is 30.8 Å². The van der Waals surface area contributed by atoms with E-state index in [2.05, 4.69) is 46.4 Å². The van der Waals surface area contributed by atoms with Crippen LogP contribution in [0, 0.1) is 0 Å². The van der Waals surface area contributed by atoms with Crippen molar-refractivity contribution in [1.29, 1.82) is 0 Å². The molecule has 0 bridgehead atoms. The van der Waals surface area contributed by atoms with E-state index in [9.17, 15) is 0 Å². The van der Waals surface area contributed by atoms with Gasteiger partial charge in [0.05, 0.1) is 0 Å². The van der Waals surface area contributed by atoms with Gasteiger partial charge in [0.1, 0.15) is 5.75 Å². The summed E-state index contributed by atoms with van der Waals surface area (Å²) in [6, 6.07) is 10.5. The fourth-order valence-electron chi connectivity index (χ4n) is 2.29. The average Bonchev–Trinajstić information content (AvgIpc) is 2.36. The van der Waals surface area contributed by atoms with Crippen LogP contribution in [0.1, 0.15) is 33.3 Å². The van der Waals surface area contributed by atoms with Gasteiger partial charge >= 0.3 is 0 Å². The molecule has 0 aliphatic rings. The highest BCUT2D eigenvalue weighted by Gasteiger charge is 2.37. The summed E-state index contributed by atoms with van der Waals surface area (Å²) < 4.78 is 6.45. The Kier molecular flexibility index (Phi) is 5.00. The second-order valence-electron chi connectivity index (χ2n) is 4.77. The van der Waals surface area contributed by atoms with Crippen molar-refractivity contribution in [3.05, 3.63) is 36.4 Å². The number of para-hydroxylation sites is 1. The van der Waals surface area contributed by atoms with Crippen molar-refractivity contribution in [1.82, 2.24) is 0 Å². The van der Waals surface area contributed by atoms with Crippen LogP contribution in [0.3, 0.4) is 0 Å². The largest absolute Gasteiger partial charge is 0.543 e. The van der Waals surface area contributed by atoms with E-state index in [1.807, 2.05) is 18.2 Å². The molecule has 0 unspecified atom stereocenters. The van der Waals surface area contributed by atoms with Crippen LogP contribution < -0.4 is 4.43 Å². The molecule has 0 saturated carbocycles. The van der Waals surface area contributed by atoms with Gasteiger partial charge in [-0.25, -0.2) is 0 Å². The van der Waals surface area contributed by atoms with E-state index in [0.717, 1.165) is 23.4 Å².